The summed E-state index contributed by atoms with van der Waals surface area (Å²) in [5.41, 5.74) is 0. The van der Waals surface area contributed by atoms with Gasteiger partial charge in [0, 0.05) is 6.54 Å². The Balaban J connectivity index is 1.90. The predicted octanol–water partition coefficient (Wildman–Crippen LogP) is 2.58. The minimum Gasteiger partial charge on any atom is -0.494 e. The van der Waals surface area contributed by atoms with Gasteiger partial charge in [0.05, 0.1) is 13.2 Å². The molecule has 3 nitrogen and oxygen atoms in total. The number of halogens is 3. The third kappa shape index (κ3) is 7.92. The van der Waals surface area contributed by atoms with Crippen LogP contribution in [0.4, 0.5) is 13.2 Å². The van der Waals surface area contributed by atoms with Crippen molar-refractivity contribution >= 4 is 0 Å². The highest BCUT2D eigenvalue weighted by atomic mass is 19.4. The molecule has 1 rings (SSSR count). The number of hydrogen-bond acceptors (Lipinski definition) is 3. The Kier molecular flexibility index (Phi) is 6.53. The molecule has 0 radical (unpaired) electrons. The number of alkyl halides is 3. The van der Waals surface area contributed by atoms with Crippen molar-refractivity contribution in [1.29, 1.82) is 0 Å². The molecular weight excluding hydrogens is 247 g/mol. The summed E-state index contributed by atoms with van der Waals surface area (Å²) in [6, 6.07) is 9.36. The predicted molar refractivity (Wildman–Crippen MR) is 61.4 cm³/mol. The van der Waals surface area contributed by atoms with Crippen molar-refractivity contribution in [3.05, 3.63) is 30.3 Å². The molecular formula is C12H16F3NO2. The van der Waals surface area contributed by atoms with Gasteiger partial charge in [-0.1, -0.05) is 18.2 Å². The highest BCUT2D eigenvalue weighted by Crippen LogP contribution is 2.15. The highest BCUT2D eigenvalue weighted by Gasteiger charge is 2.28. The summed E-state index contributed by atoms with van der Waals surface area (Å²) in [6.07, 6.45) is -3.82. The van der Waals surface area contributed by atoms with E-state index < -0.39 is 6.36 Å². The van der Waals surface area contributed by atoms with E-state index >= 15 is 0 Å². The first kappa shape index (κ1) is 14.8. The lowest BCUT2D eigenvalue weighted by Crippen LogP contribution is -2.25. The van der Waals surface area contributed by atoms with Gasteiger partial charge in [0.2, 0.25) is 0 Å². The van der Waals surface area contributed by atoms with Gasteiger partial charge in [-0.2, -0.15) is 0 Å². The summed E-state index contributed by atoms with van der Waals surface area (Å²) in [6.45, 7) is 0.916. The molecule has 0 saturated heterocycles. The summed E-state index contributed by atoms with van der Waals surface area (Å²) in [7, 11) is 0. The monoisotopic (exact) mass is 263 g/mol. The highest BCUT2D eigenvalue weighted by molar-refractivity contribution is 5.20. The molecule has 102 valence electrons. The molecule has 0 atom stereocenters. The molecule has 0 heterocycles. The molecule has 0 aliphatic carbocycles. The molecule has 0 aliphatic rings. The van der Waals surface area contributed by atoms with E-state index in [1.807, 2.05) is 30.3 Å². The normalized spacial score (nSPS) is 11.5. The molecule has 0 spiro atoms. The summed E-state index contributed by atoms with van der Waals surface area (Å²) >= 11 is 0. The molecule has 0 aliphatic heterocycles. The van der Waals surface area contributed by atoms with Gasteiger partial charge >= 0.3 is 6.36 Å². The maximum absolute atomic E-state index is 11.6. The maximum Gasteiger partial charge on any atom is 0.522 e. The summed E-state index contributed by atoms with van der Waals surface area (Å²) < 4.78 is 43.8. The lowest BCUT2D eigenvalue weighted by Gasteiger charge is -2.09. The summed E-state index contributed by atoms with van der Waals surface area (Å²) in [4.78, 5) is 0. The van der Waals surface area contributed by atoms with Crippen LogP contribution in [-0.2, 0) is 4.74 Å². The van der Waals surface area contributed by atoms with Crippen LogP contribution in [0.2, 0.25) is 0 Å². The molecule has 1 N–H and O–H groups in total. The maximum atomic E-state index is 11.6. The lowest BCUT2D eigenvalue weighted by atomic mass is 10.3. The van der Waals surface area contributed by atoms with E-state index in [0.717, 1.165) is 12.2 Å². The lowest BCUT2D eigenvalue weighted by molar-refractivity contribution is -0.323. The first-order valence-corrected chi connectivity index (χ1v) is 5.67. The number of ether oxygens (including phenoxy) is 2. The van der Waals surface area contributed by atoms with Crippen LogP contribution in [0, 0.1) is 0 Å². The van der Waals surface area contributed by atoms with Gasteiger partial charge in [-0.05, 0) is 25.1 Å². The molecule has 1 aromatic rings. The van der Waals surface area contributed by atoms with Crippen LogP contribution >= 0.6 is 0 Å². The van der Waals surface area contributed by atoms with Crippen LogP contribution in [-0.4, -0.2) is 32.7 Å². The number of benzene rings is 1. The Hall–Kier alpha value is -1.27. The van der Waals surface area contributed by atoms with E-state index in [-0.39, 0.29) is 13.2 Å². The molecule has 0 amide bonds. The Morgan fingerprint density at radius 3 is 2.39 bits per heavy atom. The Bertz CT molecular complexity index is 317. The molecule has 0 aromatic heterocycles. The molecule has 18 heavy (non-hydrogen) atoms. The SMILES string of the molecule is FC(F)(F)OCCNCCCOc1ccccc1. The Labute approximate surface area is 104 Å². The third-order valence-electron chi connectivity index (χ3n) is 2.05. The summed E-state index contributed by atoms with van der Waals surface area (Å²) in [5, 5.41) is 2.84. The van der Waals surface area contributed by atoms with Gasteiger partial charge in [0.15, 0.2) is 0 Å². The van der Waals surface area contributed by atoms with Gasteiger partial charge in [-0.25, -0.2) is 0 Å². The first-order valence-electron chi connectivity index (χ1n) is 5.67. The molecule has 0 saturated carbocycles. The number of rotatable bonds is 8. The zero-order valence-electron chi connectivity index (χ0n) is 9.87. The first-order chi connectivity index (χ1) is 8.58. The van der Waals surface area contributed by atoms with Crippen molar-refractivity contribution < 1.29 is 22.6 Å². The van der Waals surface area contributed by atoms with E-state index in [1.165, 1.54) is 0 Å². The minimum atomic E-state index is -4.54. The van der Waals surface area contributed by atoms with E-state index in [0.29, 0.717) is 13.2 Å². The molecule has 0 fully saturated rings. The van der Waals surface area contributed by atoms with Crippen LogP contribution in [0.5, 0.6) is 5.75 Å². The van der Waals surface area contributed by atoms with E-state index in [4.69, 9.17) is 4.74 Å². The standard InChI is InChI=1S/C12H16F3NO2/c13-12(14,15)18-10-8-16-7-4-9-17-11-5-2-1-3-6-11/h1-3,5-6,16H,4,7-10H2. The van der Waals surface area contributed by atoms with Gasteiger partial charge in [-0.3, -0.25) is 4.74 Å². The second-order valence-corrected chi connectivity index (χ2v) is 3.56. The van der Waals surface area contributed by atoms with E-state index in [9.17, 15) is 13.2 Å². The van der Waals surface area contributed by atoms with Gasteiger partial charge in [0.1, 0.15) is 5.75 Å². The van der Waals surface area contributed by atoms with Crippen molar-refractivity contribution in [1.82, 2.24) is 5.32 Å². The second-order valence-electron chi connectivity index (χ2n) is 3.56. The average molecular weight is 263 g/mol. The number of hydrogen-bond donors (Lipinski definition) is 1. The van der Waals surface area contributed by atoms with E-state index in [1.54, 1.807) is 0 Å². The Morgan fingerprint density at radius 1 is 1.00 bits per heavy atom. The topological polar surface area (TPSA) is 30.5 Å². The average Bonchev–Trinajstić information content (AvgIpc) is 2.32. The van der Waals surface area contributed by atoms with Crippen LogP contribution in [0.3, 0.4) is 0 Å². The fraction of sp³-hybridized carbons (Fsp3) is 0.500. The molecule has 0 bridgehead atoms. The zero-order valence-corrected chi connectivity index (χ0v) is 9.87. The van der Waals surface area contributed by atoms with Crippen molar-refractivity contribution in [2.75, 3.05) is 26.3 Å². The fourth-order valence-corrected chi connectivity index (χ4v) is 1.27. The van der Waals surface area contributed by atoms with Crippen molar-refractivity contribution in [3.8, 4) is 5.75 Å². The van der Waals surface area contributed by atoms with Crippen LogP contribution in [0.1, 0.15) is 6.42 Å². The molecule has 1 aromatic carbocycles. The smallest absolute Gasteiger partial charge is 0.494 e. The summed E-state index contributed by atoms with van der Waals surface area (Å²) in [5.74, 6) is 0.790. The van der Waals surface area contributed by atoms with Crippen molar-refractivity contribution in [2.24, 2.45) is 0 Å². The van der Waals surface area contributed by atoms with Crippen molar-refractivity contribution in [3.63, 3.8) is 0 Å². The van der Waals surface area contributed by atoms with E-state index in [2.05, 4.69) is 10.1 Å². The van der Waals surface area contributed by atoms with Crippen LogP contribution < -0.4 is 10.1 Å². The van der Waals surface area contributed by atoms with Gasteiger partial charge < -0.3 is 10.1 Å². The zero-order chi connectivity index (χ0) is 13.3. The van der Waals surface area contributed by atoms with Crippen molar-refractivity contribution in [2.45, 2.75) is 12.8 Å². The fourth-order valence-electron chi connectivity index (χ4n) is 1.27. The van der Waals surface area contributed by atoms with Gasteiger partial charge in [-0.15, -0.1) is 13.2 Å². The largest absolute Gasteiger partial charge is 0.522 e. The number of para-hydroxylation sites is 1. The minimum absolute atomic E-state index is 0.171. The second kappa shape index (κ2) is 7.94. The van der Waals surface area contributed by atoms with Crippen LogP contribution in [0.25, 0.3) is 0 Å². The quantitative estimate of drug-likeness (QED) is 0.731. The third-order valence-corrected chi connectivity index (χ3v) is 2.05. The Morgan fingerprint density at radius 2 is 1.72 bits per heavy atom. The molecule has 6 heteroatoms. The molecule has 0 unspecified atom stereocenters. The van der Waals surface area contributed by atoms with Gasteiger partial charge in [0.25, 0.3) is 0 Å². The van der Waals surface area contributed by atoms with Crippen LogP contribution in [0.15, 0.2) is 30.3 Å². The number of nitrogens with one attached hydrogen (secondary N) is 1.